The summed E-state index contributed by atoms with van der Waals surface area (Å²) in [7, 11) is 0. The second-order valence-electron chi connectivity index (χ2n) is 9.13. The fraction of sp³-hybridized carbons (Fsp3) is 0.385. The molecule has 0 aliphatic carbocycles. The zero-order valence-electron chi connectivity index (χ0n) is 20.2. The van der Waals surface area contributed by atoms with Gasteiger partial charge in [0.2, 0.25) is 0 Å². The van der Waals surface area contributed by atoms with E-state index in [2.05, 4.69) is 67.1 Å². The summed E-state index contributed by atoms with van der Waals surface area (Å²) >= 11 is 0. The molecule has 1 aromatic carbocycles. The van der Waals surface area contributed by atoms with E-state index in [1.54, 1.807) is 6.20 Å². The molecule has 1 saturated heterocycles. The van der Waals surface area contributed by atoms with Crippen molar-refractivity contribution in [2.24, 2.45) is 5.92 Å². The molecule has 1 aliphatic heterocycles. The zero-order valence-corrected chi connectivity index (χ0v) is 20.2. The highest BCUT2D eigenvalue weighted by molar-refractivity contribution is 5.96. The summed E-state index contributed by atoms with van der Waals surface area (Å²) in [4.78, 5) is 24.8. The van der Waals surface area contributed by atoms with Crippen molar-refractivity contribution in [1.29, 1.82) is 0 Å². The van der Waals surface area contributed by atoms with E-state index < -0.39 is 0 Å². The van der Waals surface area contributed by atoms with E-state index in [1.807, 2.05) is 18.5 Å². The third-order valence-corrected chi connectivity index (χ3v) is 6.81. The minimum absolute atomic E-state index is 0.137. The Labute approximate surface area is 204 Å². The van der Waals surface area contributed by atoms with E-state index in [-0.39, 0.29) is 5.91 Å². The molecule has 0 atom stereocenters. The molecule has 5 N–H and O–H groups in total. The summed E-state index contributed by atoms with van der Waals surface area (Å²) in [5.41, 5.74) is 6.58. The van der Waals surface area contributed by atoms with Crippen molar-refractivity contribution >= 4 is 16.8 Å². The van der Waals surface area contributed by atoms with Crippen LogP contribution in [0, 0.1) is 12.8 Å². The maximum Gasteiger partial charge on any atom is 0.269 e. The van der Waals surface area contributed by atoms with Gasteiger partial charge in [-0.3, -0.25) is 14.9 Å². The van der Waals surface area contributed by atoms with E-state index in [9.17, 15) is 4.79 Å². The van der Waals surface area contributed by atoms with Crippen LogP contribution < -0.4 is 16.0 Å². The molecule has 4 heterocycles. The molecule has 5 rings (SSSR count). The zero-order chi connectivity index (χ0) is 24.2. The van der Waals surface area contributed by atoms with Crippen molar-refractivity contribution in [2.45, 2.75) is 33.2 Å². The third kappa shape index (κ3) is 4.96. The largest absolute Gasteiger partial charge is 0.350 e. The number of carbonyl (C=O) groups excluding carboxylic acids is 1. The molecule has 0 spiro atoms. The first kappa shape index (κ1) is 23.2. The summed E-state index contributed by atoms with van der Waals surface area (Å²) in [6.45, 7) is 8.64. The Morgan fingerprint density at radius 2 is 2.03 bits per heavy atom. The summed E-state index contributed by atoms with van der Waals surface area (Å²) in [5.74, 6) is 0.948. The Balaban J connectivity index is 1.38. The minimum Gasteiger partial charge on any atom is -0.350 e. The summed E-state index contributed by atoms with van der Waals surface area (Å²) < 4.78 is 0. The first-order valence-electron chi connectivity index (χ1n) is 12.3. The Bertz CT molecular complexity index is 1320. The average Bonchev–Trinajstić information content (AvgIpc) is 3.54. The van der Waals surface area contributed by atoms with Crippen LogP contribution in [-0.4, -0.2) is 57.2 Å². The van der Waals surface area contributed by atoms with Crippen LogP contribution in [-0.2, 0) is 6.54 Å². The second-order valence-corrected chi connectivity index (χ2v) is 9.13. The first-order chi connectivity index (χ1) is 17.1. The molecular formula is C26H32N8O. The Morgan fingerprint density at radius 3 is 2.86 bits per heavy atom. The van der Waals surface area contributed by atoms with Gasteiger partial charge in [-0.1, -0.05) is 13.0 Å². The van der Waals surface area contributed by atoms with Crippen molar-refractivity contribution in [2.75, 3.05) is 26.2 Å². The normalized spacial score (nSPS) is 14.5. The highest BCUT2D eigenvalue weighted by atomic mass is 16.1. The number of nitrogens with zero attached hydrogens (tertiary/aromatic N) is 3. The standard InChI is InChI=1S/C26H32N8O/c1-3-27-12-19-13-29-14-21(16(19)2)18-4-5-22-20(10-18)24(34-33-22)25-30-15-23(32-25)26(35)31-11-17-6-8-28-9-7-17/h4-5,10,13-15,17,27-28H,3,6-9,11-12H2,1-2H3,(H,30,32)(H,31,35)(H,33,34). The van der Waals surface area contributed by atoms with Gasteiger partial charge in [-0.25, -0.2) is 4.98 Å². The monoisotopic (exact) mass is 472 g/mol. The number of piperidine rings is 1. The predicted octanol–water partition coefficient (Wildman–Crippen LogP) is 3.16. The van der Waals surface area contributed by atoms with Crippen LogP contribution in [0.3, 0.4) is 0 Å². The number of fused-ring (bicyclic) bond motifs is 1. The fourth-order valence-electron chi connectivity index (χ4n) is 4.63. The van der Waals surface area contributed by atoms with Crippen molar-refractivity contribution < 1.29 is 4.79 Å². The summed E-state index contributed by atoms with van der Waals surface area (Å²) in [6.07, 6.45) is 7.58. The van der Waals surface area contributed by atoms with Crippen LogP contribution in [0.2, 0.25) is 0 Å². The van der Waals surface area contributed by atoms with Crippen LogP contribution in [0.25, 0.3) is 33.5 Å². The van der Waals surface area contributed by atoms with Gasteiger partial charge in [0.25, 0.3) is 5.91 Å². The molecule has 182 valence electrons. The Morgan fingerprint density at radius 1 is 1.17 bits per heavy atom. The smallest absolute Gasteiger partial charge is 0.269 e. The van der Waals surface area contributed by atoms with Gasteiger partial charge < -0.3 is 20.9 Å². The number of amides is 1. The average molecular weight is 473 g/mol. The number of aromatic amines is 2. The number of hydrogen-bond donors (Lipinski definition) is 5. The van der Waals surface area contributed by atoms with Crippen LogP contribution >= 0.6 is 0 Å². The number of carbonyl (C=O) groups is 1. The highest BCUT2D eigenvalue weighted by Crippen LogP contribution is 2.31. The molecular weight excluding hydrogens is 440 g/mol. The van der Waals surface area contributed by atoms with Crippen molar-refractivity contribution in [1.82, 2.24) is 41.1 Å². The van der Waals surface area contributed by atoms with Gasteiger partial charge >= 0.3 is 0 Å². The number of H-pyrrole nitrogens is 2. The first-order valence-corrected chi connectivity index (χ1v) is 12.3. The van der Waals surface area contributed by atoms with Gasteiger partial charge in [-0.2, -0.15) is 5.10 Å². The molecule has 1 amide bonds. The minimum atomic E-state index is -0.137. The molecule has 0 saturated carbocycles. The maximum absolute atomic E-state index is 12.7. The number of rotatable bonds is 8. The fourth-order valence-corrected chi connectivity index (χ4v) is 4.63. The lowest BCUT2D eigenvalue weighted by molar-refractivity contribution is 0.0940. The lowest BCUT2D eigenvalue weighted by atomic mass is 9.98. The number of imidazole rings is 1. The van der Waals surface area contributed by atoms with Crippen LogP contribution in [0.1, 0.15) is 41.4 Å². The van der Waals surface area contributed by atoms with E-state index >= 15 is 0 Å². The Kier molecular flexibility index (Phi) is 6.87. The SMILES string of the molecule is CCNCc1cncc(-c2ccc3[nH]nc(-c4ncc(C(=O)NCC5CCNCC5)[nH]4)c3c2)c1C. The van der Waals surface area contributed by atoms with E-state index in [1.165, 1.54) is 11.1 Å². The second kappa shape index (κ2) is 10.4. The van der Waals surface area contributed by atoms with E-state index in [0.717, 1.165) is 61.1 Å². The lowest BCUT2D eigenvalue weighted by Gasteiger charge is -2.22. The molecule has 4 aromatic rings. The summed E-state index contributed by atoms with van der Waals surface area (Å²) in [5, 5.41) is 18.3. The van der Waals surface area contributed by atoms with Gasteiger partial charge in [-0.15, -0.1) is 0 Å². The van der Waals surface area contributed by atoms with Crippen molar-refractivity contribution in [3.05, 3.63) is 53.6 Å². The molecule has 0 radical (unpaired) electrons. The van der Waals surface area contributed by atoms with Crippen molar-refractivity contribution in [3.8, 4) is 22.6 Å². The van der Waals surface area contributed by atoms with Gasteiger partial charge in [-0.05, 0) is 74.1 Å². The molecule has 3 aromatic heterocycles. The number of nitrogens with one attached hydrogen (secondary N) is 5. The quantitative estimate of drug-likeness (QED) is 0.268. The molecule has 0 unspecified atom stereocenters. The molecule has 0 bridgehead atoms. The highest BCUT2D eigenvalue weighted by Gasteiger charge is 2.18. The number of pyridine rings is 1. The Hall–Kier alpha value is -3.56. The van der Waals surface area contributed by atoms with Gasteiger partial charge in [0.05, 0.1) is 11.7 Å². The molecule has 35 heavy (non-hydrogen) atoms. The molecule has 9 nitrogen and oxygen atoms in total. The molecule has 1 fully saturated rings. The van der Waals surface area contributed by atoms with Crippen molar-refractivity contribution in [3.63, 3.8) is 0 Å². The number of aromatic nitrogens is 5. The molecule has 1 aliphatic rings. The lowest BCUT2D eigenvalue weighted by Crippen LogP contribution is -2.36. The number of hydrogen-bond acceptors (Lipinski definition) is 6. The van der Waals surface area contributed by atoms with E-state index in [4.69, 9.17) is 0 Å². The van der Waals surface area contributed by atoms with Gasteiger partial charge in [0, 0.05) is 36.4 Å². The summed E-state index contributed by atoms with van der Waals surface area (Å²) in [6, 6.07) is 6.20. The van der Waals surface area contributed by atoms with Crippen LogP contribution in [0.5, 0.6) is 0 Å². The van der Waals surface area contributed by atoms with Gasteiger partial charge in [0.15, 0.2) is 5.82 Å². The predicted molar refractivity (Wildman–Crippen MR) is 137 cm³/mol. The number of benzene rings is 1. The van der Waals surface area contributed by atoms with E-state index in [0.29, 0.717) is 29.7 Å². The topological polar surface area (TPSA) is 123 Å². The third-order valence-electron chi connectivity index (χ3n) is 6.81. The van der Waals surface area contributed by atoms with Gasteiger partial charge in [0.1, 0.15) is 11.4 Å². The van der Waals surface area contributed by atoms with Crippen LogP contribution in [0.4, 0.5) is 0 Å². The molecule has 9 heteroatoms. The van der Waals surface area contributed by atoms with Crippen LogP contribution in [0.15, 0.2) is 36.8 Å². The maximum atomic E-state index is 12.7.